The molecule has 1 aliphatic heterocycles. The summed E-state index contributed by atoms with van der Waals surface area (Å²) in [5.41, 5.74) is 0. The van der Waals surface area contributed by atoms with Crippen molar-refractivity contribution in [3.05, 3.63) is 0 Å². The van der Waals surface area contributed by atoms with Crippen LogP contribution in [0.1, 0.15) is 13.8 Å². The van der Waals surface area contributed by atoms with Crippen LogP contribution in [0.2, 0.25) is 0 Å². The minimum absolute atomic E-state index is 0.0891. The second kappa shape index (κ2) is 4.30. The lowest BCUT2D eigenvalue weighted by molar-refractivity contribution is -0.143. The van der Waals surface area contributed by atoms with Gasteiger partial charge in [-0.15, -0.1) is 0 Å². The zero-order chi connectivity index (χ0) is 12.5. The number of nitrogens with one attached hydrogen (secondary N) is 1. The molecule has 1 fully saturated rings. The summed E-state index contributed by atoms with van der Waals surface area (Å²) in [5, 5.41) is 2.53. The van der Waals surface area contributed by atoms with Gasteiger partial charge in [-0.25, -0.2) is 9.69 Å². The number of carbonyl (C=O) groups is 4. The molecule has 0 bridgehead atoms. The number of hydrogen-bond acceptors (Lipinski definition) is 4. The molecule has 1 aliphatic rings. The summed E-state index contributed by atoms with van der Waals surface area (Å²) in [6, 6.07) is -0.859. The van der Waals surface area contributed by atoms with Gasteiger partial charge >= 0.3 is 17.8 Å². The maximum absolute atomic E-state index is 11.4. The number of imide groups is 2. The molecule has 0 saturated carbocycles. The summed E-state index contributed by atoms with van der Waals surface area (Å²) in [7, 11) is 1.20. The summed E-state index contributed by atoms with van der Waals surface area (Å²) in [6.45, 7) is 3.08. The van der Waals surface area contributed by atoms with Gasteiger partial charge < -0.3 is 5.32 Å². The molecule has 0 atom stereocenters. The van der Waals surface area contributed by atoms with Crippen molar-refractivity contribution >= 4 is 23.8 Å². The van der Waals surface area contributed by atoms with Gasteiger partial charge in [0.1, 0.15) is 6.54 Å². The molecule has 5 amide bonds. The zero-order valence-electron chi connectivity index (χ0n) is 9.31. The molecular weight excluding hydrogens is 214 g/mol. The van der Waals surface area contributed by atoms with Crippen LogP contribution in [0.3, 0.4) is 0 Å². The van der Waals surface area contributed by atoms with Crippen LogP contribution in [0, 0.1) is 0 Å². The standard InChI is InChI=1S/C9H13N3O4/c1-5(2)10-6(13)4-12-8(15)7(14)11(3)9(12)16/h5H,4H2,1-3H3,(H,10,13). The third-order valence-electron chi connectivity index (χ3n) is 2.00. The highest BCUT2D eigenvalue weighted by molar-refractivity contribution is 6.44. The molecule has 0 spiro atoms. The molecule has 0 unspecified atom stereocenters. The number of hydrogen-bond donors (Lipinski definition) is 1. The second-order valence-corrected chi connectivity index (χ2v) is 3.76. The fraction of sp³-hybridized carbons (Fsp3) is 0.556. The van der Waals surface area contributed by atoms with Crippen molar-refractivity contribution in [3.63, 3.8) is 0 Å². The van der Waals surface area contributed by atoms with E-state index in [0.717, 1.165) is 0 Å². The van der Waals surface area contributed by atoms with Crippen molar-refractivity contribution in [2.75, 3.05) is 13.6 Å². The average Bonchev–Trinajstić information content (AvgIpc) is 2.34. The highest BCUT2D eigenvalue weighted by Gasteiger charge is 2.42. The average molecular weight is 227 g/mol. The van der Waals surface area contributed by atoms with Gasteiger partial charge in [0.05, 0.1) is 0 Å². The fourth-order valence-electron chi connectivity index (χ4n) is 1.26. The van der Waals surface area contributed by atoms with Gasteiger partial charge in [0.15, 0.2) is 0 Å². The van der Waals surface area contributed by atoms with Crippen molar-refractivity contribution in [2.24, 2.45) is 0 Å². The predicted molar refractivity (Wildman–Crippen MR) is 53.2 cm³/mol. The first-order valence-electron chi connectivity index (χ1n) is 4.77. The molecule has 16 heavy (non-hydrogen) atoms. The largest absolute Gasteiger partial charge is 0.352 e. The monoisotopic (exact) mass is 227 g/mol. The van der Waals surface area contributed by atoms with E-state index in [-0.39, 0.29) is 6.04 Å². The van der Waals surface area contributed by atoms with E-state index in [2.05, 4.69) is 5.32 Å². The van der Waals surface area contributed by atoms with E-state index < -0.39 is 30.3 Å². The molecule has 1 rings (SSSR count). The quantitative estimate of drug-likeness (QED) is 0.491. The lowest BCUT2D eigenvalue weighted by Gasteiger charge is -2.14. The van der Waals surface area contributed by atoms with Crippen molar-refractivity contribution in [2.45, 2.75) is 19.9 Å². The van der Waals surface area contributed by atoms with Crippen LogP contribution in [0.4, 0.5) is 4.79 Å². The molecule has 0 aromatic heterocycles. The predicted octanol–water partition coefficient (Wildman–Crippen LogP) is -1.07. The molecule has 0 radical (unpaired) electrons. The lowest BCUT2D eigenvalue weighted by Crippen LogP contribution is -2.43. The van der Waals surface area contributed by atoms with E-state index in [1.165, 1.54) is 7.05 Å². The molecule has 1 N–H and O–H groups in total. The number of rotatable bonds is 3. The first-order chi connectivity index (χ1) is 7.34. The van der Waals surface area contributed by atoms with Gasteiger partial charge in [-0.05, 0) is 13.8 Å². The molecule has 7 heteroatoms. The Bertz CT molecular complexity index is 364. The molecule has 88 valence electrons. The topological polar surface area (TPSA) is 86.8 Å². The van der Waals surface area contributed by atoms with E-state index >= 15 is 0 Å². The summed E-state index contributed by atoms with van der Waals surface area (Å²) < 4.78 is 0. The number of urea groups is 1. The van der Waals surface area contributed by atoms with Gasteiger partial charge in [0.2, 0.25) is 5.91 Å². The first-order valence-corrected chi connectivity index (χ1v) is 4.77. The summed E-state index contributed by atoms with van der Waals surface area (Å²) in [5.74, 6) is -2.35. The maximum atomic E-state index is 11.4. The van der Waals surface area contributed by atoms with E-state index in [4.69, 9.17) is 0 Å². The SMILES string of the molecule is CC(C)NC(=O)CN1C(=O)C(=O)N(C)C1=O. The van der Waals surface area contributed by atoms with E-state index in [1.807, 2.05) is 0 Å². The fourth-order valence-corrected chi connectivity index (χ4v) is 1.26. The first kappa shape index (κ1) is 12.2. The molecule has 7 nitrogen and oxygen atoms in total. The smallest absolute Gasteiger partial charge is 0.334 e. The second-order valence-electron chi connectivity index (χ2n) is 3.76. The van der Waals surface area contributed by atoms with Crippen LogP contribution in [-0.4, -0.2) is 53.2 Å². The number of carbonyl (C=O) groups excluding carboxylic acids is 4. The Morgan fingerprint density at radius 1 is 1.25 bits per heavy atom. The number of likely N-dealkylation sites (N-methyl/N-ethyl adjacent to an activating group) is 1. The van der Waals surface area contributed by atoms with Gasteiger partial charge in [-0.2, -0.15) is 0 Å². The lowest BCUT2D eigenvalue weighted by atomic mass is 10.4. The van der Waals surface area contributed by atoms with Crippen LogP contribution in [0.15, 0.2) is 0 Å². The van der Waals surface area contributed by atoms with E-state index in [1.54, 1.807) is 13.8 Å². The summed E-state index contributed by atoms with van der Waals surface area (Å²) in [4.78, 5) is 46.4. The maximum Gasteiger partial charge on any atom is 0.334 e. The van der Waals surface area contributed by atoms with Gasteiger partial charge in [0, 0.05) is 13.1 Å². The molecular formula is C9H13N3O4. The summed E-state index contributed by atoms with van der Waals surface area (Å²) >= 11 is 0. The number of amides is 5. The Morgan fingerprint density at radius 3 is 2.19 bits per heavy atom. The summed E-state index contributed by atoms with van der Waals surface area (Å²) in [6.07, 6.45) is 0. The molecule has 0 aliphatic carbocycles. The Balaban J connectivity index is 2.68. The molecule has 0 aromatic carbocycles. The molecule has 1 heterocycles. The normalized spacial score (nSPS) is 16.4. The highest BCUT2D eigenvalue weighted by atomic mass is 16.2. The minimum Gasteiger partial charge on any atom is -0.352 e. The van der Waals surface area contributed by atoms with E-state index in [9.17, 15) is 19.2 Å². The third kappa shape index (κ3) is 2.18. The Kier molecular flexibility index (Phi) is 3.26. The van der Waals surface area contributed by atoms with Crippen LogP contribution in [0.25, 0.3) is 0 Å². The van der Waals surface area contributed by atoms with Gasteiger partial charge in [0.25, 0.3) is 0 Å². The Labute approximate surface area is 92.4 Å². The minimum atomic E-state index is -0.966. The molecule has 1 saturated heterocycles. The highest BCUT2D eigenvalue weighted by Crippen LogP contribution is 2.08. The Morgan fingerprint density at radius 2 is 1.81 bits per heavy atom. The van der Waals surface area contributed by atoms with Crippen LogP contribution < -0.4 is 5.32 Å². The molecule has 0 aromatic rings. The van der Waals surface area contributed by atoms with Crippen LogP contribution >= 0.6 is 0 Å². The third-order valence-corrected chi connectivity index (χ3v) is 2.00. The Hall–Kier alpha value is -1.92. The van der Waals surface area contributed by atoms with Crippen molar-refractivity contribution in [1.29, 1.82) is 0 Å². The van der Waals surface area contributed by atoms with Gasteiger partial charge in [-0.1, -0.05) is 0 Å². The van der Waals surface area contributed by atoms with Crippen LogP contribution in [-0.2, 0) is 14.4 Å². The van der Waals surface area contributed by atoms with Crippen molar-refractivity contribution in [1.82, 2.24) is 15.1 Å². The van der Waals surface area contributed by atoms with Crippen molar-refractivity contribution < 1.29 is 19.2 Å². The van der Waals surface area contributed by atoms with Crippen LogP contribution in [0.5, 0.6) is 0 Å². The number of nitrogens with zero attached hydrogens (tertiary/aromatic N) is 2. The van der Waals surface area contributed by atoms with Crippen molar-refractivity contribution in [3.8, 4) is 0 Å². The van der Waals surface area contributed by atoms with E-state index in [0.29, 0.717) is 9.80 Å². The van der Waals surface area contributed by atoms with Gasteiger partial charge in [-0.3, -0.25) is 19.3 Å². The zero-order valence-corrected chi connectivity index (χ0v) is 9.31.